The van der Waals surface area contributed by atoms with Gasteiger partial charge in [0.1, 0.15) is 0 Å². The molecule has 1 aromatic heterocycles. The van der Waals surface area contributed by atoms with Gasteiger partial charge in [-0.15, -0.1) is 0 Å². The Kier molecular flexibility index (Phi) is 7.27. The van der Waals surface area contributed by atoms with Crippen LogP contribution in [0.15, 0.2) is 157 Å². The fraction of sp³-hybridized carbons (Fsp3) is 0.191. The number of fused-ring (bicyclic) bond motifs is 5. The highest BCUT2D eigenvalue weighted by Crippen LogP contribution is 2.52. The molecule has 4 aliphatic carbocycles. The summed E-state index contributed by atoms with van der Waals surface area (Å²) in [5.41, 5.74) is 13.0. The Labute approximate surface area is 289 Å². The van der Waals surface area contributed by atoms with Crippen LogP contribution in [0.1, 0.15) is 50.3 Å². The molecule has 1 heterocycles. The zero-order valence-corrected chi connectivity index (χ0v) is 28.3. The average molecular weight is 635 g/mol. The van der Waals surface area contributed by atoms with E-state index in [9.17, 15) is 0 Å². The molecule has 5 aromatic rings. The van der Waals surface area contributed by atoms with E-state index in [1.807, 2.05) is 0 Å². The van der Waals surface area contributed by atoms with Crippen molar-refractivity contribution in [3.63, 3.8) is 0 Å². The lowest BCUT2D eigenvalue weighted by molar-refractivity contribution is 0.386. The van der Waals surface area contributed by atoms with Gasteiger partial charge >= 0.3 is 0 Å². The summed E-state index contributed by atoms with van der Waals surface area (Å²) in [5, 5.41) is 2.80. The molecule has 0 saturated carbocycles. The monoisotopic (exact) mass is 634 g/mol. The van der Waals surface area contributed by atoms with Crippen molar-refractivity contribution in [1.82, 2.24) is 4.98 Å². The third kappa shape index (κ3) is 5.18. The van der Waals surface area contributed by atoms with Crippen LogP contribution < -0.4 is 15.5 Å². The predicted molar refractivity (Wildman–Crippen MR) is 206 cm³/mol. The number of benzene rings is 4. The van der Waals surface area contributed by atoms with Gasteiger partial charge in [-0.3, -0.25) is 0 Å². The number of allylic oxidation sites excluding steroid dienone is 7. The Morgan fingerprint density at radius 2 is 1.22 bits per heavy atom. The summed E-state index contributed by atoms with van der Waals surface area (Å²) < 4.78 is 0. The van der Waals surface area contributed by atoms with E-state index in [0.717, 1.165) is 30.6 Å². The fourth-order valence-electron chi connectivity index (χ4n) is 8.71. The number of anilines is 2. The second-order valence-corrected chi connectivity index (χ2v) is 14.5. The molecule has 0 spiro atoms. The van der Waals surface area contributed by atoms with Crippen molar-refractivity contribution < 1.29 is 0 Å². The number of aromatic nitrogens is 1. The number of nitrogens with one attached hydrogen (secondary N) is 1. The molecule has 2 heteroatoms. The summed E-state index contributed by atoms with van der Waals surface area (Å²) in [4.78, 5) is 6.25. The van der Waals surface area contributed by atoms with Crippen molar-refractivity contribution in [3.05, 3.63) is 179 Å². The van der Waals surface area contributed by atoms with Gasteiger partial charge in [-0.1, -0.05) is 141 Å². The van der Waals surface area contributed by atoms with E-state index in [-0.39, 0.29) is 5.41 Å². The van der Waals surface area contributed by atoms with E-state index in [0.29, 0.717) is 17.8 Å². The van der Waals surface area contributed by atoms with Crippen LogP contribution in [-0.2, 0) is 5.41 Å². The van der Waals surface area contributed by atoms with Crippen LogP contribution in [0.3, 0.4) is 0 Å². The maximum absolute atomic E-state index is 3.84. The molecule has 0 aliphatic heterocycles. The topological polar surface area (TPSA) is 19.0 Å². The molecule has 0 radical (unpaired) electrons. The number of aromatic amines is 1. The minimum Gasteiger partial charge on any atom is -0.358 e. The summed E-state index contributed by atoms with van der Waals surface area (Å²) in [6.07, 6.45) is 22.8. The fourth-order valence-corrected chi connectivity index (χ4v) is 8.71. The lowest BCUT2D eigenvalue weighted by atomic mass is 9.71. The summed E-state index contributed by atoms with van der Waals surface area (Å²) >= 11 is 0. The number of hydrogen-bond donors (Lipinski definition) is 1. The van der Waals surface area contributed by atoms with Crippen LogP contribution in [0.4, 0.5) is 11.4 Å². The Morgan fingerprint density at radius 1 is 0.633 bits per heavy atom. The number of H-pyrrole nitrogens is 1. The molecule has 1 N–H and O–H groups in total. The molecule has 4 aliphatic rings. The molecular formula is C47H42N2. The van der Waals surface area contributed by atoms with Crippen LogP contribution in [0, 0.1) is 11.8 Å². The highest BCUT2D eigenvalue weighted by atomic mass is 15.1. The quantitative estimate of drug-likeness (QED) is 0.197. The summed E-state index contributed by atoms with van der Waals surface area (Å²) in [6.45, 7) is 4.91. The molecule has 4 aromatic carbocycles. The Balaban J connectivity index is 1.01. The second-order valence-electron chi connectivity index (χ2n) is 14.5. The van der Waals surface area contributed by atoms with E-state index in [2.05, 4.69) is 182 Å². The van der Waals surface area contributed by atoms with Crippen LogP contribution in [-0.4, -0.2) is 4.98 Å². The van der Waals surface area contributed by atoms with E-state index in [4.69, 9.17) is 0 Å². The van der Waals surface area contributed by atoms with Crippen molar-refractivity contribution in [2.75, 3.05) is 4.90 Å². The zero-order valence-electron chi connectivity index (χ0n) is 28.3. The maximum Gasteiger partial charge on any atom is 0.0461 e. The van der Waals surface area contributed by atoms with Crippen molar-refractivity contribution >= 4 is 23.5 Å². The van der Waals surface area contributed by atoms with Crippen molar-refractivity contribution in [2.24, 2.45) is 11.8 Å². The molecule has 0 bridgehead atoms. The zero-order chi connectivity index (χ0) is 33.0. The van der Waals surface area contributed by atoms with Crippen LogP contribution >= 0.6 is 0 Å². The third-order valence-corrected chi connectivity index (χ3v) is 11.3. The van der Waals surface area contributed by atoms with Gasteiger partial charge < -0.3 is 9.88 Å². The number of nitrogens with zero attached hydrogens (tertiary/aromatic N) is 1. The molecule has 0 amide bonds. The van der Waals surface area contributed by atoms with Gasteiger partial charge in [0, 0.05) is 40.0 Å². The normalized spacial score (nSPS) is 21.4. The van der Waals surface area contributed by atoms with Gasteiger partial charge in [0.2, 0.25) is 0 Å². The van der Waals surface area contributed by atoms with Crippen LogP contribution in [0.25, 0.3) is 34.4 Å². The lowest BCUT2D eigenvalue weighted by Crippen LogP contribution is -2.36. The molecule has 0 saturated heterocycles. The Hall–Kier alpha value is -5.34. The van der Waals surface area contributed by atoms with Gasteiger partial charge in [-0.2, -0.15) is 0 Å². The smallest absolute Gasteiger partial charge is 0.0461 e. The largest absolute Gasteiger partial charge is 0.358 e. The molecule has 1 unspecified atom stereocenters. The first kappa shape index (κ1) is 29.8. The standard InChI is InChI=1S/C47H42N2/c1-47(2)43-31-37(23-30-41(43)46-45(47)42-15-9-10-16-44(42)48-46)36-21-28-40(29-22-36)49(38-24-17-34(18-25-38)32-11-5-3-6-12-32)39-26-19-35(20-27-39)33-13-7-4-8-14-33/h3-8,11-21,23-31,36,41,43,48H,9-10,22H2,1-2H3/t36-,41-,43?/m0/s1. The summed E-state index contributed by atoms with van der Waals surface area (Å²) in [6, 6.07) is 39.2. The molecule has 49 heavy (non-hydrogen) atoms. The second kappa shape index (κ2) is 12.0. The summed E-state index contributed by atoms with van der Waals surface area (Å²) in [5.74, 6) is 1.26. The van der Waals surface area contributed by atoms with Crippen molar-refractivity contribution in [3.8, 4) is 22.3 Å². The summed E-state index contributed by atoms with van der Waals surface area (Å²) in [7, 11) is 0. The number of rotatable bonds is 6. The highest BCUT2D eigenvalue weighted by Gasteiger charge is 2.47. The lowest BCUT2D eigenvalue weighted by Gasteiger charge is -2.33. The van der Waals surface area contributed by atoms with Gasteiger partial charge in [0.05, 0.1) is 0 Å². The van der Waals surface area contributed by atoms with E-state index in [1.165, 1.54) is 49.8 Å². The average Bonchev–Trinajstić information content (AvgIpc) is 3.66. The molecule has 240 valence electrons. The minimum atomic E-state index is 0.0930. The van der Waals surface area contributed by atoms with Crippen LogP contribution in [0.2, 0.25) is 0 Å². The SMILES string of the molecule is CC1(C)c2c([nH]c3c2=CCCC=3)[C@H]2C=CC([C@H]3C=CC(N(c4ccc(-c5ccccc5)cc4)c4ccc(-c5ccccc5)cc4)=CC3)=CC21. The van der Waals surface area contributed by atoms with Crippen molar-refractivity contribution in [1.29, 1.82) is 0 Å². The molecule has 0 fully saturated rings. The van der Waals surface area contributed by atoms with Crippen LogP contribution in [0.5, 0.6) is 0 Å². The predicted octanol–water partition coefficient (Wildman–Crippen LogP) is 10.5. The van der Waals surface area contributed by atoms with Gasteiger partial charge in [-0.05, 0) is 99.5 Å². The van der Waals surface area contributed by atoms with E-state index >= 15 is 0 Å². The molecule has 3 atom stereocenters. The Bertz CT molecular complexity index is 2180. The molecule has 9 rings (SSSR count). The molecular weight excluding hydrogens is 593 g/mol. The maximum atomic E-state index is 3.84. The minimum absolute atomic E-state index is 0.0930. The van der Waals surface area contributed by atoms with Gasteiger partial charge in [0.25, 0.3) is 0 Å². The molecule has 2 nitrogen and oxygen atoms in total. The van der Waals surface area contributed by atoms with Crippen molar-refractivity contribution in [2.45, 2.75) is 44.4 Å². The van der Waals surface area contributed by atoms with E-state index in [1.54, 1.807) is 5.56 Å². The third-order valence-electron chi connectivity index (χ3n) is 11.3. The first-order valence-corrected chi connectivity index (χ1v) is 17.9. The first-order chi connectivity index (χ1) is 24.0. The van der Waals surface area contributed by atoms with Gasteiger partial charge in [0.15, 0.2) is 0 Å². The Morgan fingerprint density at radius 3 is 1.82 bits per heavy atom. The highest BCUT2D eigenvalue weighted by molar-refractivity contribution is 5.76. The van der Waals surface area contributed by atoms with Gasteiger partial charge in [-0.25, -0.2) is 0 Å². The van der Waals surface area contributed by atoms with E-state index < -0.39 is 0 Å². The number of hydrogen-bond acceptors (Lipinski definition) is 1. The first-order valence-electron chi connectivity index (χ1n) is 17.9.